The first-order valence-corrected chi connectivity index (χ1v) is 14.3. The maximum Gasteiger partial charge on any atom is 0.135 e. The molecule has 0 aliphatic heterocycles. The molecule has 4 heteroatoms. The summed E-state index contributed by atoms with van der Waals surface area (Å²) in [6.07, 6.45) is 5.05. The maximum atomic E-state index is 6.45. The van der Waals surface area contributed by atoms with Gasteiger partial charge in [-0.1, -0.05) is 51.0 Å². The minimum absolute atomic E-state index is 0.731. The van der Waals surface area contributed by atoms with E-state index in [0.29, 0.717) is 0 Å². The van der Waals surface area contributed by atoms with E-state index in [-0.39, 0.29) is 0 Å². The van der Waals surface area contributed by atoms with Gasteiger partial charge in [-0.3, -0.25) is 0 Å². The first kappa shape index (κ1) is 25.1. The van der Waals surface area contributed by atoms with E-state index in [9.17, 15) is 0 Å². The smallest absolute Gasteiger partial charge is 0.135 e. The second-order valence-electron chi connectivity index (χ2n) is 8.31. The Kier molecular flexibility index (Phi) is 10.4. The number of fused-ring (bicyclic) bond motifs is 2. The minimum Gasteiger partial charge on any atom is -0.491 e. The highest BCUT2D eigenvalue weighted by atomic mass is 32.2. The van der Waals surface area contributed by atoms with Gasteiger partial charge < -0.3 is 9.47 Å². The molecule has 0 unspecified atom stereocenters. The van der Waals surface area contributed by atoms with Crippen molar-refractivity contribution in [2.45, 2.75) is 53.4 Å². The third kappa shape index (κ3) is 6.51. The largest absolute Gasteiger partial charge is 0.491 e. The molecule has 174 valence electrons. The molecule has 0 bridgehead atoms. The Morgan fingerprint density at radius 2 is 1.06 bits per heavy atom. The summed E-state index contributed by atoms with van der Waals surface area (Å²) in [4.78, 5) is 0. The van der Waals surface area contributed by atoms with E-state index in [1.165, 1.54) is 59.1 Å². The summed E-state index contributed by atoms with van der Waals surface area (Å²) in [5.41, 5.74) is 2.58. The van der Waals surface area contributed by atoms with Gasteiger partial charge in [-0.15, -0.1) is 0 Å². The fraction of sp³-hybridized carbons (Fsp3) is 0.500. The molecule has 0 spiro atoms. The van der Waals surface area contributed by atoms with Crippen molar-refractivity contribution in [3.63, 3.8) is 0 Å². The Hall–Kier alpha value is -1.52. The molecule has 0 heterocycles. The zero-order valence-corrected chi connectivity index (χ0v) is 21.8. The van der Waals surface area contributed by atoms with Crippen LogP contribution >= 0.6 is 23.5 Å². The summed E-state index contributed by atoms with van der Waals surface area (Å²) in [6.45, 7) is 10.3. The molecule has 0 aromatic heterocycles. The lowest BCUT2D eigenvalue weighted by molar-refractivity contribution is 0.346. The van der Waals surface area contributed by atoms with Crippen molar-refractivity contribution >= 4 is 45.1 Å². The number of ether oxygens (including phenoxy) is 2. The van der Waals surface area contributed by atoms with Crippen molar-refractivity contribution in [3.8, 4) is 11.5 Å². The molecule has 3 aromatic rings. The lowest BCUT2D eigenvalue weighted by Gasteiger charge is -2.19. The maximum absolute atomic E-state index is 6.45. The number of unbranched alkanes of at least 4 members (excludes halogenated alkanes) is 2. The molecule has 3 aromatic carbocycles. The zero-order chi connectivity index (χ0) is 22.8. The topological polar surface area (TPSA) is 18.5 Å². The normalized spacial score (nSPS) is 11.4. The first-order valence-electron chi connectivity index (χ1n) is 12.0. The summed E-state index contributed by atoms with van der Waals surface area (Å²) in [5.74, 6) is 6.46. The molecule has 0 radical (unpaired) electrons. The fourth-order valence-corrected chi connectivity index (χ4v) is 5.57. The molecule has 0 N–H and O–H groups in total. The number of benzene rings is 3. The van der Waals surface area contributed by atoms with Crippen molar-refractivity contribution in [2.75, 3.05) is 36.2 Å². The van der Waals surface area contributed by atoms with Gasteiger partial charge in [0.1, 0.15) is 11.5 Å². The zero-order valence-electron chi connectivity index (χ0n) is 20.2. The van der Waals surface area contributed by atoms with E-state index in [0.717, 1.165) is 47.0 Å². The van der Waals surface area contributed by atoms with Gasteiger partial charge in [0.2, 0.25) is 0 Å². The summed E-state index contributed by atoms with van der Waals surface area (Å²) in [6, 6.07) is 13.1. The van der Waals surface area contributed by atoms with Gasteiger partial charge in [0.25, 0.3) is 0 Å². The van der Waals surface area contributed by atoms with Gasteiger partial charge >= 0.3 is 0 Å². The van der Waals surface area contributed by atoms with Crippen LogP contribution in [0.15, 0.2) is 36.4 Å². The molecule has 3 rings (SSSR count). The molecular weight excluding hydrogens is 432 g/mol. The van der Waals surface area contributed by atoms with Crippen molar-refractivity contribution in [2.24, 2.45) is 0 Å². The SMILES string of the molecule is CCCCSCCOc1c2ccccc2c(OCCSCCCC)c2cc(C)c(C)cc12. The Morgan fingerprint density at radius 1 is 0.625 bits per heavy atom. The minimum atomic E-state index is 0.731. The fourth-order valence-electron chi connectivity index (χ4n) is 3.77. The van der Waals surface area contributed by atoms with Crippen LogP contribution in [0.25, 0.3) is 21.5 Å². The van der Waals surface area contributed by atoms with Crippen LogP contribution in [0, 0.1) is 13.8 Å². The van der Waals surface area contributed by atoms with E-state index in [4.69, 9.17) is 9.47 Å². The Labute approximate surface area is 202 Å². The summed E-state index contributed by atoms with van der Waals surface area (Å²) >= 11 is 3.97. The quantitative estimate of drug-likeness (QED) is 0.174. The highest BCUT2D eigenvalue weighted by molar-refractivity contribution is 7.99. The van der Waals surface area contributed by atoms with Crippen LogP contribution in [-0.2, 0) is 0 Å². The second kappa shape index (κ2) is 13.3. The number of hydrogen-bond acceptors (Lipinski definition) is 4. The molecule has 0 amide bonds. The van der Waals surface area contributed by atoms with Crippen LogP contribution in [0.2, 0.25) is 0 Å². The van der Waals surface area contributed by atoms with Gasteiger partial charge in [0, 0.05) is 33.1 Å². The molecular formula is C28H38O2S2. The average molecular weight is 471 g/mol. The van der Waals surface area contributed by atoms with Crippen LogP contribution in [0.1, 0.15) is 50.7 Å². The van der Waals surface area contributed by atoms with Gasteiger partial charge in [0.15, 0.2) is 0 Å². The Bertz CT molecular complexity index is 920. The summed E-state index contributed by atoms with van der Waals surface area (Å²) in [7, 11) is 0. The Balaban J connectivity index is 1.91. The number of thioether (sulfide) groups is 2. The lowest BCUT2D eigenvalue weighted by Crippen LogP contribution is -2.05. The molecule has 0 aliphatic carbocycles. The number of hydrogen-bond donors (Lipinski definition) is 0. The standard InChI is InChI=1S/C28H38O2S2/c1-5-7-15-31-17-13-29-27-23-11-9-10-12-24(23)28(30-14-18-32-16-8-6-2)26-20-22(4)21(3)19-25(26)27/h9-12,19-20H,5-8,13-18H2,1-4H3. The molecule has 0 saturated heterocycles. The molecule has 0 saturated carbocycles. The molecule has 0 fully saturated rings. The van der Waals surface area contributed by atoms with E-state index in [1.807, 2.05) is 23.5 Å². The lowest BCUT2D eigenvalue weighted by atomic mass is 9.96. The highest BCUT2D eigenvalue weighted by Crippen LogP contribution is 2.43. The van der Waals surface area contributed by atoms with Crippen molar-refractivity contribution in [3.05, 3.63) is 47.5 Å². The van der Waals surface area contributed by atoms with E-state index in [2.05, 4.69) is 64.1 Å². The van der Waals surface area contributed by atoms with Crippen molar-refractivity contribution in [1.82, 2.24) is 0 Å². The first-order chi connectivity index (χ1) is 15.7. The van der Waals surface area contributed by atoms with Crippen LogP contribution in [0.3, 0.4) is 0 Å². The van der Waals surface area contributed by atoms with Crippen LogP contribution in [-0.4, -0.2) is 36.2 Å². The van der Waals surface area contributed by atoms with Crippen molar-refractivity contribution in [1.29, 1.82) is 0 Å². The molecule has 32 heavy (non-hydrogen) atoms. The summed E-state index contributed by atoms with van der Waals surface area (Å²) in [5, 5.41) is 4.63. The van der Waals surface area contributed by atoms with Gasteiger partial charge in [-0.05, 0) is 61.5 Å². The summed E-state index contributed by atoms with van der Waals surface area (Å²) < 4.78 is 12.9. The van der Waals surface area contributed by atoms with Crippen LogP contribution in [0.4, 0.5) is 0 Å². The van der Waals surface area contributed by atoms with Crippen LogP contribution in [0.5, 0.6) is 11.5 Å². The third-order valence-electron chi connectivity index (χ3n) is 5.77. The van der Waals surface area contributed by atoms with Gasteiger partial charge in [-0.2, -0.15) is 23.5 Å². The second-order valence-corrected chi connectivity index (χ2v) is 10.8. The number of rotatable bonds is 14. The monoisotopic (exact) mass is 470 g/mol. The highest BCUT2D eigenvalue weighted by Gasteiger charge is 2.17. The van der Waals surface area contributed by atoms with Crippen LogP contribution < -0.4 is 9.47 Å². The average Bonchev–Trinajstić information content (AvgIpc) is 2.80. The molecule has 0 atom stereocenters. The van der Waals surface area contributed by atoms with Crippen molar-refractivity contribution < 1.29 is 9.47 Å². The predicted octanol–water partition coefficient (Wildman–Crippen LogP) is 8.43. The van der Waals surface area contributed by atoms with Gasteiger partial charge in [0.05, 0.1) is 13.2 Å². The van der Waals surface area contributed by atoms with E-state index < -0.39 is 0 Å². The van der Waals surface area contributed by atoms with E-state index >= 15 is 0 Å². The molecule has 0 aliphatic rings. The third-order valence-corrected chi connectivity index (χ3v) is 7.84. The van der Waals surface area contributed by atoms with Gasteiger partial charge in [-0.25, -0.2) is 0 Å². The van der Waals surface area contributed by atoms with E-state index in [1.54, 1.807) is 0 Å². The molecule has 2 nitrogen and oxygen atoms in total. The predicted molar refractivity (Wildman–Crippen MR) is 146 cm³/mol. The number of aryl methyl sites for hydroxylation is 2. The Morgan fingerprint density at radius 3 is 1.47 bits per heavy atom.